The van der Waals surface area contributed by atoms with Gasteiger partial charge in [-0.05, 0) is 25.2 Å². The monoisotopic (exact) mass is 364 g/mol. The van der Waals surface area contributed by atoms with Gasteiger partial charge in [0.05, 0.1) is 21.3 Å². The zero-order chi connectivity index (χ0) is 19.1. The molecular formula is C19H28N2O5. The van der Waals surface area contributed by atoms with Crippen LogP contribution in [0.3, 0.4) is 0 Å². The number of nitrogens with one attached hydrogen (secondary N) is 1. The molecule has 0 aromatic heterocycles. The van der Waals surface area contributed by atoms with E-state index in [0.29, 0.717) is 35.8 Å². The lowest BCUT2D eigenvalue weighted by Gasteiger charge is -2.29. The van der Waals surface area contributed by atoms with Crippen molar-refractivity contribution in [2.24, 2.45) is 17.6 Å². The Morgan fingerprint density at radius 1 is 1.08 bits per heavy atom. The minimum atomic E-state index is -0.250. The summed E-state index contributed by atoms with van der Waals surface area (Å²) in [6.07, 6.45) is 4.89. The molecule has 1 aromatic rings. The highest BCUT2D eigenvalue weighted by Crippen LogP contribution is 2.40. The molecule has 1 fully saturated rings. The summed E-state index contributed by atoms with van der Waals surface area (Å²) in [5.41, 5.74) is 6.07. The molecule has 144 valence electrons. The SMILES string of the molecule is COc1cc(NC(=O)CC[C@H]2CCCC[C@H]2C(N)=O)cc(OC)c1OC. The molecule has 2 atom stereocenters. The number of hydrogen-bond donors (Lipinski definition) is 2. The minimum absolute atomic E-state index is 0.113. The number of carbonyl (C=O) groups excluding carboxylic acids is 2. The van der Waals surface area contributed by atoms with Crippen molar-refractivity contribution in [3.8, 4) is 17.2 Å². The first-order chi connectivity index (χ1) is 12.5. The number of ether oxygens (including phenoxy) is 3. The summed E-state index contributed by atoms with van der Waals surface area (Å²) < 4.78 is 15.9. The molecule has 0 aliphatic heterocycles. The minimum Gasteiger partial charge on any atom is -0.493 e. The van der Waals surface area contributed by atoms with Gasteiger partial charge in [0.2, 0.25) is 17.6 Å². The van der Waals surface area contributed by atoms with E-state index < -0.39 is 0 Å². The maximum atomic E-state index is 12.3. The van der Waals surface area contributed by atoms with E-state index in [1.807, 2.05) is 0 Å². The van der Waals surface area contributed by atoms with Crippen LogP contribution in [0.1, 0.15) is 38.5 Å². The molecule has 0 spiro atoms. The maximum absolute atomic E-state index is 12.3. The molecule has 0 bridgehead atoms. The lowest BCUT2D eigenvalue weighted by atomic mass is 9.76. The Morgan fingerprint density at radius 2 is 1.69 bits per heavy atom. The van der Waals surface area contributed by atoms with Crippen LogP contribution in [0.25, 0.3) is 0 Å². The predicted molar refractivity (Wildman–Crippen MR) is 98.6 cm³/mol. The van der Waals surface area contributed by atoms with Crippen LogP contribution in [0.5, 0.6) is 17.2 Å². The van der Waals surface area contributed by atoms with Crippen LogP contribution in [-0.4, -0.2) is 33.1 Å². The maximum Gasteiger partial charge on any atom is 0.224 e. The summed E-state index contributed by atoms with van der Waals surface area (Å²) in [6, 6.07) is 3.37. The molecule has 0 unspecified atom stereocenters. The first kappa shape index (κ1) is 19.9. The zero-order valence-corrected chi connectivity index (χ0v) is 15.7. The molecule has 1 aromatic carbocycles. The average molecular weight is 364 g/mol. The van der Waals surface area contributed by atoms with Gasteiger partial charge in [0.25, 0.3) is 0 Å². The highest BCUT2D eigenvalue weighted by molar-refractivity contribution is 5.91. The molecule has 2 rings (SSSR count). The third-order valence-corrected chi connectivity index (χ3v) is 4.97. The molecule has 2 amide bonds. The third kappa shape index (κ3) is 4.80. The molecule has 0 heterocycles. The first-order valence-electron chi connectivity index (χ1n) is 8.89. The number of nitrogens with two attached hydrogens (primary N) is 1. The van der Waals surface area contributed by atoms with E-state index in [4.69, 9.17) is 19.9 Å². The fraction of sp³-hybridized carbons (Fsp3) is 0.579. The second kappa shape index (κ2) is 9.31. The number of benzene rings is 1. The quantitative estimate of drug-likeness (QED) is 0.739. The van der Waals surface area contributed by atoms with Crippen molar-refractivity contribution in [2.75, 3.05) is 26.6 Å². The smallest absolute Gasteiger partial charge is 0.224 e. The van der Waals surface area contributed by atoms with E-state index in [1.165, 1.54) is 21.3 Å². The standard InChI is InChI=1S/C19H28N2O5/c1-24-15-10-13(11-16(25-2)18(15)26-3)21-17(22)9-8-12-6-4-5-7-14(12)19(20)23/h10-12,14H,4-9H2,1-3H3,(H2,20,23)(H,21,22)/t12-,14-/m1/s1. The summed E-state index contributed by atoms with van der Waals surface area (Å²) in [6.45, 7) is 0. The number of rotatable bonds is 8. The molecular weight excluding hydrogens is 336 g/mol. The van der Waals surface area contributed by atoms with Gasteiger partial charge in [0.1, 0.15) is 0 Å². The van der Waals surface area contributed by atoms with Crippen molar-refractivity contribution in [3.63, 3.8) is 0 Å². The lowest BCUT2D eigenvalue weighted by molar-refractivity contribution is -0.125. The van der Waals surface area contributed by atoms with Crippen LogP contribution in [0, 0.1) is 11.8 Å². The molecule has 7 nitrogen and oxygen atoms in total. The van der Waals surface area contributed by atoms with E-state index in [9.17, 15) is 9.59 Å². The van der Waals surface area contributed by atoms with Crippen molar-refractivity contribution < 1.29 is 23.8 Å². The van der Waals surface area contributed by atoms with Crippen LogP contribution in [0.15, 0.2) is 12.1 Å². The number of carbonyl (C=O) groups is 2. The fourth-order valence-electron chi connectivity index (χ4n) is 3.62. The molecule has 1 saturated carbocycles. The van der Waals surface area contributed by atoms with Crippen molar-refractivity contribution in [3.05, 3.63) is 12.1 Å². The Bertz CT molecular complexity index is 622. The van der Waals surface area contributed by atoms with Crippen molar-refractivity contribution in [1.82, 2.24) is 0 Å². The number of anilines is 1. The number of amides is 2. The van der Waals surface area contributed by atoms with Crippen LogP contribution in [0.2, 0.25) is 0 Å². The second-order valence-electron chi connectivity index (χ2n) is 6.55. The van der Waals surface area contributed by atoms with Gasteiger partial charge >= 0.3 is 0 Å². The van der Waals surface area contributed by atoms with E-state index >= 15 is 0 Å². The van der Waals surface area contributed by atoms with E-state index in [0.717, 1.165) is 25.7 Å². The lowest BCUT2D eigenvalue weighted by Crippen LogP contribution is -2.33. The van der Waals surface area contributed by atoms with Crippen molar-refractivity contribution in [2.45, 2.75) is 38.5 Å². The van der Waals surface area contributed by atoms with Gasteiger partial charge in [-0.2, -0.15) is 0 Å². The summed E-state index contributed by atoms with van der Waals surface area (Å²) in [7, 11) is 4.57. The van der Waals surface area contributed by atoms with E-state index in [2.05, 4.69) is 5.32 Å². The van der Waals surface area contributed by atoms with Gasteiger partial charge in [-0.15, -0.1) is 0 Å². The highest BCUT2D eigenvalue weighted by atomic mass is 16.5. The Hall–Kier alpha value is -2.44. The zero-order valence-electron chi connectivity index (χ0n) is 15.7. The molecule has 1 aliphatic carbocycles. The van der Waals surface area contributed by atoms with Gasteiger partial charge in [0.15, 0.2) is 11.5 Å². The Labute approximate surface area is 154 Å². The molecule has 0 radical (unpaired) electrons. The number of methoxy groups -OCH3 is 3. The largest absolute Gasteiger partial charge is 0.493 e. The van der Waals surface area contributed by atoms with Crippen molar-refractivity contribution in [1.29, 1.82) is 0 Å². The summed E-state index contributed by atoms with van der Waals surface area (Å²) in [5, 5.41) is 2.86. The molecule has 1 aliphatic rings. The summed E-state index contributed by atoms with van der Waals surface area (Å²) in [4.78, 5) is 23.9. The van der Waals surface area contributed by atoms with Crippen LogP contribution in [-0.2, 0) is 9.59 Å². The third-order valence-electron chi connectivity index (χ3n) is 4.97. The Morgan fingerprint density at radius 3 is 2.23 bits per heavy atom. The van der Waals surface area contributed by atoms with Crippen molar-refractivity contribution >= 4 is 17.5 Å². The van der Waals surface area contributed by atoms with Crippen LogP contribution < -0.4 is 25.3 Å². The van der Waals surface area contributed by atoms with E-state index in [-0.39, 0.29) is 23.7 Å². The molecule has 0 saturated heterocycles. The number of primary amides is 1. The topological polar surface area (TPSA) is 99.9 Å². The average Bonchev–Trinajstić information content (AvgIpc) is 2.65. The van der Waals surface area contributed by atoms with Gasteiger partial charge in [-0.25, -0.2) is 0 Å². The molecule has 7 heteroatoms. The Kier molecular flexibility index (Phi) is 7.12. The first-order valence-corrected chi connectivity index (χ1v) is 8.89. The molecule has 3 N–H and O–H groups in total. The second-order valence-corrected chi connectivity index (χ2v) is 6.55. The molecule has 26 heavy (non-hydrogen) atoms. The fourth-order valence-corrected chi connectivity index (χ4v) is 3.62. The van der Waals surface area contributed by atoms with Gasteiger partial charge < -0.3 is 25.3 Å². The van der Waals surface area contributed by atoms with Gasteiger partial charge in [-0.1, -0.05) is 12.8 Å². The van der Waals surface area contributed by atoms with E-state index in [1.54, 1.807) is 12.1 Å². The highest BCUT2D eigenvalue weighted by Gasteiger charge is 2.29. The van der Waals surface area contributed by atoms with Crippen LogP contribution in [0.4, 0.5) is 5.69 Å². The van der Waals surface area contributed by atoms with Crippen LogP contribution >= 0.6 is 0 Å². The summed E-state index contributed by atoms with van der Waals surface area (Å²) in [5.74, 6) is 1.13. The number of hydrogen-bond acceptors (Lipinski definition) is 5. The summed E-state index contributed by atoms with van der Waals surface area (Å²) >= 11 is 0. The normalized spacial score (nSPS) is 19.5. The van der Waals surface area contributed by atoms with Gasteiger partial charge in [0, 0.05) is 30.2 Å². The van der Waals surface area contributed by atoms with Gasteiger partial charge in [-0.3, -0.25) is 9.59 Å². The Balaban J connectivity index is 2.00. The predicted octanol–water partition coefficient (Wildman–Crippen LogP) is 2.72.